The highest BCUT2D eigenvalue weighted by atomic mass is 16.2. The first kappa shape index (κ1) is 16.0. The Labute approximate surface area is 149 Å². The molecule has 4 aromatic heterocycles. The van der Waals surface area contributed by atoms with Crippen molar-refractivity contribution < 1.29 is 4.79 Å². The maximum absolute atomic E-state index is 12.4. The topological polar surface area (TPSA) is 80.8 Å². The molecule has 0 bridgehead atoms. The number of carbonyl (C=O) groups is 1. The molecule has 0 saturated heterocycles. The Hall–Kier alpha value is -3.48. The largest absolute Gasteiger partial charge is 0.345 e. The van der Waals surface area contributed by atoms with Crippen LogP contribution in [0.5, 0.6) is 0 Å². The van der Waals surface area contributed by atoms with Gasteiger partial charge in [0.2, 0.25) is 0 Å². The average Bonchev–Trinajstić information content (AvgIpc) is 3.08. The molecule has 26 heavy (non-hydrogen) atoms. The van der Waals surface area contributed by atoms with Crippen LogP contribution in [0.25, 0.3) is 11.3 Å². The van der Waals surface area contributed by atoms with Gasteiger partial charge in [-0.15, -0.1) is 0 Å². The average molecular weight is 347 g/mol. The van der Waals surface area contributed by atoms with Crippen LogP contribution in [0.4, 0.5) is 0 Å². The Morgan fingerprint density at radius 1 is 1.12 bits per heavy atom. The number of nitrogens with zero attached hydrogens (tertiary/aromatic N) is 4. The van der Waals surface area contributed by atoms with Gasteiger partial charge in [-0.05, 0) is 36.2 Å². The van der Waals surface area contributed by atoms with E-state index in [0.29, 0.717) is 5.65 Å². The minimum Gasteiger partial charge on any atom is -0.345 e. The van der Waals surface area contributed by atoms with Crippen molar-refractivity contribution in [3.8, 4) is 0 Å². The van der Waals surface area contributed by atoms with Gasteiger partial charge in [0.25, 0.3) is 11.5 Å². The van der Waals surface area contributed by atoms with E-state index in [4.69, 9.17) is 0 Å². The predicted molar refractivity (Wildman–Crippen MR) is 97.2 cm³/mol. The molecule has 4 heterocycles. The number of carbonyl (C=O) groups excluding carboxylic acids is 1. The minimum absolute atomic E-state index is 0.0956. The lowest BCUT2D eigenvalue weighted by Crippen LogP contribution is -2.27. The van der Waals surface area contributed by atoms with Crippen LogP contribution in [-0.4, -0.2) is 24.7 Å². The van der Waals surface area contributed by atoms with Gasteiger partial charge < -0.3 is 9.72 Å². The van der Waals surface area contributed by atoms with E-state index >= 15 is 0 Å². The number of aryl methyl sites for hydroxylation is 1. The van der Waals surface area contributed by atoms with Crippen molar-refractivity contribution in [3.63, 3.8) is 0 Å². The summed E-state index contributed by atoms with van der Waals surface area (Å²) < 4.78 is 3.31. The third kappa shape index (κ3) is 2.95. The van der Waals surface area contributed by atoms with Crippen molar-refractivity contribution in [2.45, 2.75) is 19.9 Å². The van der Waals surface area contributed by atoms with E-state index in [0.717, 1.165) is 17.8 Å². The lowest BCUT2D eigenvalue weighted by Gasteiger charge is -2.04. The third-order valence-electron chi connectivity index (χ3n) is 4.22. The zero-order chi connectivity index (χ0) is 18.1. The second-order valence-corrected chi connectivity index (χ2v) is 5.98. The van der Waals surface area contributed by atoms with Gasteiger partial charge in [-0.2, -0.15) is 0 Å². The van der Waals surface area contributed by atoms with E-state index in [2.05, 4.69) is 22.2 Å². The van der Waals surface area contributed by atoms with Crippen molar-refractivity contribution in [3.05, 3.63) is 82.3 Å². The molecule has 4 aromatic rings. The predicted octanol–water partition coefficient (Wildman–Crippen LogP) is 1.83. The van der Waals surface area contributed by atoms with Gasteiger partial charge in [-0.25, -0.2) is 9.97 Å². The number of rotatable bonds is 4. The molecule has 0 aliphatic rings. The van der Waals surface area contributed by atoms with Crippen molar-refractivity contribution >= 4 is 17.2 Å². The second kappa shape index (κ2) is 6.44. The van der Waals surface area contributed by atoms with Crippen LogP contribution in [0, 0.1) is 0 Å². The summed E-state index contributed by atoms with van der Waals surface area (Å²) in [5, 5.41) is 2.77. The van der Waals surface area contributed by atoms with Gasteiger partial charge >= 0.3 is 0 Å². The molecule has 4 rings (SSSR count). The van der Waals surface area contributed by atoms with Crippen LogP contribution in [0.2, 0.25) is 0 Å². The summed E-state index contributed by atoms with van der Waals surface area (Å²) in [5.74, 6) is -0.403. The summed E-state index contributed by atoms with van der Waals surface area (Å²) in [7, 11) is 0. The van der Waals surface area contributed by atoms with Crippen LogP contribution in [0.3, 0.4) is 0 Å². The quantitative estimate of drug-likeness (QED) is 0.611. The molecule has 0 unspecified atom stereocenters. The fourth-order valence-corrected chi connectivity index (χ4v) is 2.81. The molecule has 7 heteroatoms. The smallest absolute Gasteiger partial charge is 0.270 e. The van der Waals surface area contributed by atoms with E-state index in [1.54, 1.807) is 24.4 Å². The van der Waals surface area contributed by atoms with Crippen LogP contribution in [0.1, 0.15) is 28.7 Å². The SMILES string of the molecule is CCc1ccn2cc(CNC(=O)c3cc(=O)n4ccccc4n3)nc2c1. The van der Waals surface area contributed by atoms with Gasteiger partial charge in [0.15, 0.2) is 0 Å². The van der Waals surface area contributed by atoms with Crippen LogP contribution >= 0.6 is 0 Å². The van der Waals surface area contributed by atoms with Crippen molar-refractivity contribution in [2.75, 3.05) is 0 Å². The molecule has 0 aromatic carbocycles. The molecule has 0 aliphatic heterocycles. The molecule has 130 valence electrons. The molecule has 1 amide bonds. The summed E-state index contributed by atoms with van der Waals surface area (Å²) in [4.78, 5) is 33.2. The monoisotopic (exact) mass is 347 g/mol. The first-order valence-corrected chi connectivity index (χ1v) is 8.37. The van der Waals surface area contributed by atoms with Gasteiger partial charge in [-0.1, -0.05) is 13.0 Å². The molecule has 0 aliphatic carbocycles. The number of hydrogen-bond acceptors (Lipinski definition) is 4. The van der Waals surface area contributed by atoms with E-state index < -0.39 is 5.91 Å². The number of nitrogens with one attached hydrogen (secondary N) is 1. The number of pyridine rings is 2. The molecule has 1 N–H and O–H groups in total. The number of fused-ring (bicyclic) bond motifs is 2. The molecule has 0 fully saturated rings. The fraction of sp³-hybridized carbons (Fsp3) is 0.158. The zero-order valence-corrected chi connectivity index (χ0v) is 14.2. The van der Waals surface area contributed by atoms with E-state index in [-0.39, 0.29) is 17.8 Å². The second-order valence-electron chi connectivity index (χ2n) is 5.98. The van der Waals surface area contributed by atoms with E-state index in [1.165, 1.54) is 16.0 Å². The Balaban J connectivity index is 1.54. The maximum atomic E-state index is 12.4. The fourth-order valence-electron chi connectivity index (χ4n) is 2.81. The number of imidazole rings is 1. The Bertz CT molecular complexity index is 1180. The highest BCUT2D eigenvalue weighted by Gasteiger charge is 2.11. The van der Waals surface area contributed by atoms with Crippen molar-refractivity contribution in [1.82, 2.24) is 24.1 Å². The van der Waals surface area contributed by atoms with E-state index in [1.807, 2.05) is 28.9 Å². The number of aromatic nitrogens is 4. The molecule has 0 spiro atoms. The number of amides is 1. The summed E-state index contributed by atoms with van der Waals surface area (Å²) in [6.45, 7) is 2.35. The van der Waals surface area contributed by atoms with Crippen molar-refractivity contribution in [2.24, 2.45) is 0 Å². The van der Waals surface area contributed by atoms with Crippen molar-refractivity contribution in [1.29, 1.82) is 0 Å². The molecular formula is C19H17N5O2. The van der Waals surface area contributed by atoms with E-state index in [9.17, 15) is 9.59 Å². The number of hydrogen-bond donors (Lipinski definition) is 1. The maximum Gasteiger partial charge on any atom is 0.270 e. The third-order valence-corrected chi connectivity index (χ3v) is 4.22. The summed E-state index contributed by atoms with van der Waals surface area (Å²) >= 11 is 0. The van der Waals surface area contributed by atoms with Gasteiger partial charge in [0.05, 0.1) is 12.2 Å². The van der Waals surface area contributed by atoms with Crippen LogP contribution in [0.15, 0.2) is 59.8 Å². The molecule has 7 nitrogen and oxygen atoms in total. The molecule has 0 saturated carbocycles. The van der Waals surface area contributed by atoms with Gasteiger partial charge in [-0.3, -0.25) is 14.0 Å². The molecular weight excluding hydrogens is 330 g/mol. The first-order chi connectivity index (χ1) is 12.6. The molecule has 0 atom stereocenters. The first-order valence-electron chi connectivity index (χ1n) is 8.37. The van der Waals surface area contributed by atoms with Gasteiger partial charge in [0.1, 0.15) is 17.0 Å². The Morgan fingerprint density at radius 2 is 2.00 bits per heavy atom. The highest BCUT2D eigenvalue weighted by Crippen LogP contribution is 2.09. The summed E-state index contributed by atoms with van der Waals surface area (Å²) in [5.41, 5.74) is 3.03. The van der Waals surface area contributed by atoms with Crippen LogP contribution < -0.4 is 10.9 Å². The summed E-state index contributed by atoms with van der Waals surface area (Å²) in [6, 6.07) is 10.5. The minimum atomic E-state index is -0.403. The van der Waals surface area contributed by atoms with Crippen LogP contribution in [-0.2, 0) is 13.0 Å². The normalized spacial score (nSPS) is 11.1. The standard InChI is InChI=1S/C19H17N5O2/c1-2-13-6-8-23-12-14(21-17(23)9-13)11-20-19(26)15-10-18(25)24-7-4-3-5-16(24)22-15/h3-10,12H,2,11H2,1H3,(H,20,26). The molecule has 0 radical (unpaired) electrons. The lowest BCUT2D eigenvalue weighted by molar-refractivity contribution is 0.0945. The highest BCUT2D eigenvalue weighted by molar-refractivity contribution is 5.92. The zero-order valence-electron chi connectivity index (χ0n) is 14.2. The lowest BCUT2D eigenvalue weighted by atomic mass is 10.2. The Morgan fingerprint density at radius 3 is 2.85 bits per heavy atom. The van der Waals surface area contributed by atoms with Gasteiger partial charge in [0, 0.05) is 24.7 Å². The summed E-state index contributed by atoms with van der Waals surface area (Å²) in [6.07, 6.45) is 6.39. The Kier molecular flexibility index (Phi) is 3.96.